The summed E-state index contributed by atoms with van der Waals surface area (Å²) in [5, 5.41) is 10.3. The summed E-state index contributed by atoms with van der Waals surface area (Å²) in [6.07, 6.45) is 22.0. The maximum absolute atomic E-state index is 13.6. The van der Waals surface area contributed by atoms with Gasteiger partial charge < -0.3 is 15.8 Å². The van der Waals surface area contributed by atoms with Crippen molar-refractivity contribution >= 4 is 181 Å². The van der Waals surface area contributed by atoms with E-state index in [1.165, 1.54) is 39.0 Å². The van der Waals surface area contributed by atoms with Crippen LogP contribution in [0.3, 0.4) is 0 Å². The molecule has 0 unspecified atom stereocenters. The third-order valence-electron chi connectivity index (χ3n) is 16.8. The molecule has 110 heavy (non-hydrogen) atoms. The van der Waals surface area contributed by atoms with Gasteiger partial charge in [-0.3, -0.25) is 39.3 Å². The van der Waals surface area contributed by atoms with Gasteiger partial charge in [0.1, 0.15) is 0 Å². The van der Waals surface area contributed by atoms with Crippen LogP contribution in [0.15, 0.2) is 274 Å². The van der Waals surface area contributed by atoms with Gasteiger partial charge in [0.25, 0.3) is 0 Å². The van der Waals surface area contributed by atoms with E-state index in [-0.39, 0.29) is 39.6 Å². The van der Waals surface area contributed by atoms with Crippen LogP contribution >= 0.6 is 103 Å². The number of ketones is 3. The fraction of sp³-hybridized carbons (Fsp3) is 0.133. The number of nitrogens with one attached hydrogen (secondary N) is 1. The van der Waals surface area contributed by atoms with E-state index in [2.05, 4.69) is 126 Å². The number of nitrogens with zero attached hydrogens (tertiary/aromatic N) is 7. The van der Waals surface area contributed by atoms with E-state index >= 15 is 0 Å². The highest BCUT2D eigenvalue weighted by molar-refractivity contribution is 14.1. The Labute approximate surface area is 694 Å². The quantitative estimate of drug-likeness (QED) is 0.0206. The van der Waals surface area contributed by atoms with Gasteiger partial charge in [-0.05, 0) is 215 Å². The summed E-state index contributed by atoms with van der Waals surface area (Å²) in [5.74, 6) is -0.485. The van der Waals surface area contributed by atoms with Crippen molar-refractivity contribution in [3.8, 4) is 22.3 Å². The summed E-state index contributed by atoms with van der Waals surface area (Å²) < 4.78 is 7.96. The second-order valence-electron chi connectivity index (χ2n) is 24.3. The average Bonchev–Trinajstić information content (AvgIpc) is 0.724. The molecule has 7 heterocycles. The molecular weight excluding hydrogens is 1700 g/mol. The molecule has 0 saturated carbocycles. The lowest BCUT2D eigenvalue weighted by molar-refractivity contribution is 0.103. The van der Waals surface area contributed by atoms with Gasteiger partial charge in [-0.1, -0.05) is 174 Å². The van der Waals surface area contributed by atoms with Gasteiger partial charge in [-0.25, -0.2) is 9.97 Å². The number of anilines is 3. The molecule has 13 nitrogen and oxygen atoms in total. The third kappa shape index (κ3) is 22.3. The minimum Gasteiger partial charge on any atom is -0.398 e. The highest BCUT2D eigenvalue weighted by atomic mass is 127. The molecule has 8 aromatic carbocycles. The zero-order valence-electron chi connectivity index (χ0n) is 57.9. The minimum atomic E-state index is -0.178. The Balaban J connectivity index is 0.000000194. The van der Waals surface area contributed by atoms with Crippen molar-refractivity contribution in [2.24, 2.45) is 0 Å². The molecule has 7 aromatic heterocycles. The number of aromatic nitrogens is 7. The number of rotatable bonds is 18. The number of unbranched alkanes of at least 4 members (excludes halogenated alkanes) is 2. The van der Waals surface area contributed by atoms with Gasteiger partial charge in [0.05, 0.1) is 27.8 Å². The number of halogens is 7. The van der Waals surface area contributed by atoms with Gasteiger partial charge in [0, 0.05) is 202 Å². The standard InChI is InChI=1S/C31H21Cl2N3O2.C30H16Cl2N4.C12H9ClN2O.C8H18O.C6H4I2.3CH4/c32-24-8-2-9-26(17-24)36-29-20(5-1-10-28(29)31(38)22-7-4-14-35-19-22)15-23-16-25(33)11-12-27(23)30(37)21-6-3-13-34-18-21;31-19-5-7-21-25(13-19)35-29-23(27(21)17-3-1-11-33-15-17)9-10-24-28(18-4-2-12-34-16-18)22-8-6-20(32)14-26(22)36-30(24)29;13-9-3-4-10(11(14)6-9)12(16)8-2-1-5-15-7-8;1-3-5-7-9-8-6-4-2;7-5-3-1-2-4-6(5)8;;;/h1-14,16-19,36H,15H2;1-16H;1-7H,14H2;3-8H2,1-2H3;1-4H;3*1H4. The molecule has 15 rings (SSSR count). The number of fused-ring (bicyclic) bond motifs is 5. The van der Waals surface area contributed by atoms with E-state index in [1.807, 2.05) is 97.3 Å². The zero-order valence-corrected chi connectivity index (χ0v) is 66.0. The molecule has 0 fully saturated rings. The monoisotopic (exact) mass is 1780 g/mol. The first-order chi connectivity index (χ1) is 52.1. The number of carbonyl (C=O) groups is 3. The van der Waals surface area contributed by atoms with Crippen molar-refractivity contribution in [3.63, 3.8) is 0 Å². The predicted octanol–water partition coefficient (Wildman–Crippen LogP) is 26.1. The number of carbonyl (C=O) groups excluding carboxylic acids is 3. The number of nitrogens with two attached hydrogens (primary N) is 1. The van der Waals surface area contributed by atoms with E-state index < -0.39 is 0 Å². The SMILES string of the molecule is C.C.C.CCCCOCCCC.Clc1ccc2c(-c3cccnc3)c3ccc4c(-c5cccnc5)c5ccc(Cl)cc5nc4c3nc2c1.Ic1ccccc1I.Nc1cc(Cl)ccc1C(=O)c1cccnc1.O=C(c1cccnc1)c1ccc(Cl)cc1Cc1cccc(C(=O)c2cccnc2)c1Nc1cccc(Cl)c1. The Kier molecular flexibility index (Phi) is 33.2. The van der Waals surface area contributed by atoms with E-state index in [1.54, 1.807) is 134 Å². The Morgan fingerprint density at radius 1 is 0.409 bits per heavy atom. The van der Waals surface area contributed by atoms with Crippen molar-refractivity contribution < 1.29 is 19.1 Å². The maximum atomic E-state index is 13.6. The Bertz CT molecular complexity index is 5440. The van der Waals surface area contributed by atoms with Gasteiger partial charge in [-0.2, -0.15) is 0 Å². The molecule has 0 aliphatic carbocycles. The number of ether oxygens (including phenoxy) is 1. The number of benzene rings is 8. The summed E-state index contributed by atoms with van der Waals surface area (Å²) in [5.41, 5.74) is 19.2. The predicted molar refractivity (Wildman–Crippen MR) is 476 cm³/mol. The van der Waals surface area contributed by atoms with Crippen LogP contribution in [-0.2, 0) is 11.2 Å². The molecule has 15 aromatic rings. The lowest BCUT2D eigenvalue weighted by atomic mass is 9.92. The number of hydrogen-bond donors (Lipinski definition) is 2. The first-order valence-electron chi connectivity index (χ1n) is 34.1. The first-order valence-corrected chi connectivity index (χ1v) is 38.2. The molecule has 0 radical (unpaired) electrons. The molecule has 0 amide bonds. The number of hydrogen-bond acceptors (Lipinski definition) is 13. The fourth-order valence-electron chi connectivity index (χ4n) is 11.7. The van der Waals surface area contributed by atoms with E-state index in [4.69, 9.17) is 78.4 Å². The van der Waals surface area contributed by atoms with Crippen LogP contribution in [0.2, 0.25) is 25.1 Å². The zero-order chi connectivity index (χ0) is 75.2. The largest absolute Gasteiger partial charge is 0.398 e. The molecule has 3 N–H and O–H groups in total. The smallest absolute Gasteiger partial charge is 0.196 e. The van der Waals surface area contributed by atoms with Crippen molar-refractivity contribution in [2.75, 3.05) is 24.3 Å². The summed E-state index contributed by atoms with van der Waals surface area (Å²) in [7, 11) is 0. The van der Waals surface area contributed by atoms with Crippen LogP contribution in [-0.4, -0.2) is 65.5 Å². The molecule has 0 bridgehead atoms. The summed E-state index contributed by atoms with van der Waals surface area (Å²) in [6.45, 7) is 6.28. The van der Waals surface area contributed by atoms with Gasteiger partial charge in [0.15, 0.2) is 17.3 Å². The molecule has 0 aliphatic rings. The average molecular weight is 1780 g/mol. The molecular formula is C90H80Cl5I2N9O4. The molecule has 558 valence electrons. The summed E-state index contributed by atoms with van der Waals surface area (Å²) in [4.78, 5) is 70.0. The van der Waals surface area contributed by atoms with Gasteiger partial charge in [-0.15, -0.1) is 0 Å². The van der Waals surface area contributed by atoms with Crippen LogP contribution < -0.4 is 11.1 Å². The van der Waals surface area contributed by atoms with Crippen molar-refractivity contribution in [3.05, 3.63) is 351 Å². The Morgan fingerprint density at radius 2 is 0.827 bits per heavy atom. The van der Waals surface area contributed by atoms with Crippen LogP contribution in [0.1, 0.15) is 121 Å². The van der Waals surface area contributed by atoms with E-state index in [0.29, 0.717) is 76.3 Å². The van der Waals surface area contributed by atoms with Gasteiger partial charge in [0.2, 0.25) is 0 Å². The van der Waals surface area contributed by atoms with Gasteiger partial charge >= 0.3 is 0 Å². The highest BCUT2D eigenvalue weighted by Crippen LogP contribution is 2.43. The molecule has 0 saturated heterocycles. The number of para-hydroxylation sites is 1. The second kappa shape index (κ2) is 42.5. The van der Waals surface area contributed by atoms with Crippen molar-refractivity contribution in [2.45, 2.75) is 68.2 Å². The summed E-state index contributed by atoms with van der Waals surface area (Å²) >= 11 is 35.8. The van der Waals surface area contributed by atoms with Crippen LogP contribution in [0, 0.1) is 7.14 Å². The van der Waals surface area contributed by atoms with Crippen LogP contribution in [0.25, 0.3) is 65.9 Å². The first kappa shape index (κ1) is 85.9. The minimum absolute atomic E-state index is 0. The maximum Gasteiger partial charge on any atom is 0.196 e. The molecule has 0 aliphatic heterocycles. The van der Waals surface area contributed by atoms with Crippen molar-refractivity contribution in [1.82, 2.24) is 34.9 Å². The second-order valence-corrected chi connectivity index (χ2v) is 28.8. The summed E-state index contributed by atoms with van der Waals surface area (Å²) in [6, 6.07) is 65.3. The lowest BCUT2D eigenvalue weighted by Gasteiger charge is -2.18. The number of pyridine rings is 7. The fourth-order valence-corrected chi connectivity index (χ4v) is 13.3. The Morgan fingerprint density at radius 3 is 1.27 bits per heavy atom. The number of nitrogen functional groups attached to an aromatic ring is 1. The third-order valence-corrected chi connectivity index (χ3v) is 20.9. The lowest BCUT2D eigenvalue weighted by Crippen LogP contribution is -2.10. The normalized spacial score (nSPS) is 10.4. The molecule has 0 atom stereocenters. The van der Waals surface area contributed by atoms with Crippen LogP contribution in [0.5, 0.6) is 0 Å². The van der Waals surface area contributed by atoms with Crippen LogP contribution in [0.4, 0.5) is 17.1 Å². The molecule has 20 heteroatoms. The van der Waals surface area contributed by atoms with E-state index in [9.17, 15) is 14.4 Å². The van der Waals surface area contributed by atoms with E-state index in [0.717, 1.165) is 95.9 Å². The molecule has 0 spiro atoms. The highest BCUT2D eigenvalue weighted by Gasteiger charge is 2.23. The topological polar surface area (TPSA) is 189 Å². The Hall–Kier alpha value is -9.67. The van der Waals surface area contributed by atoms with Crippen molar-refractivity contribution in [1.29, 1.82) is 0 Å².